The Labute approximate surface area is 97.6 Å². The van der Waals surface area contributed by atoms with Gasteiger partial charge in [-0.3, -0.25) is 0 Å². The second-order valence-corrected chi connectivity index (χ2v) is 5.71. The van der Waals surface area contributed by atoms with Crippen LogP contribution in [0.2, 0.25) is 15.5 Å². The summed E-state index contributed by atoms with van der Waals surface area (Å²) < 4.78 is 0.563. The van der Waals surface area contributed by atoms with Crippen LogP contribution in [0, 0.1) is 11.3 Å². The molecule has 1 rings (SSSR count). The van der Waals surface area contributed by atoms with E-state index in [9.17, 15) is 0 Å². The number of aliphatic hydroxyl groups excluding tert-OH is 1. The summed E-state index contributed by atoms with van der Waals surface area (Å²) in [4.78, 5) is 7.87. The van der Waals surface area contributed by atoms with E-state index in [1.807, 2.05) is 6.07 Å². The van der Waals surface area contributed by atoms with Crippen LogP contribution in [0.5, 0.6) is 0 Å². The van der Waals surface area contributed by atoms with E-state index in [2.05, 4.69) is 9.97 Å². The van der Waals surface area contributed by atoms with E-state index in [1.54, 1.807) is 0 Å². The van der Waals surface area contributed by atoms with Crippen molar-refractivity contribution in [2.24, 2.45) is 0 Å². The molecule has 0 bridgehead atoms. The average molecular weight is 294 g/mol. The first-order chi connectivity index (χ1) is 6.69. The van der Waals surface area contributed by atoms with Crippen LogP contribution in [0.1, 0.15) is 5.56 Å². The molecule has 1 atom stereocenters. The molecular weight excluding hydrogens is 288 g/mol. The minimum atomic E-state index is -0.607. The van der Waals surface area contributed by atoms with Crippen molar-refractivity contribution in [3.05, 3.63) is 15.9 Å². The molecule has 0 radical (unpaired) electrons. The molecule has 0 aliphatic heterocycles. The molecule has 0 aromatic carbocycles. The second kappa shape index (κ2) is 5.53. The summed E-state index contributed by atoms with van der Waals surface area (Å²) in [5.74, 6) is 0. The molecule has 0 spiro atoms. The van der Waals surface area contributed by atoms with Crippen LogP contribution in [0.15, 0.2) is 0 Å². The number of halogens is 2. The first-order valence-electron chi connectivity index (χ1n) is 3.67. The average Bonchev–Trinajstić information content (AvgIpc) is 2.14. The Kier molecular flexibility index (Phi) is 4.63. The third kappa shape index (κ3) is 2.83. The molecule has 74 valence electrons. The van der Waals surface area contributed by atoms with Gasteiger partial charge in [-0.2, -0.15) is 0 Å². The summed E-state index contributed by atoms with van der Waals surface area (Å²) in [5, 5.41) is 18.1. The third-order valence-corrected chi connectivity index (χ3v) is 4.00. The van der Waals surface area contributed by atoms with Crippen LogP contribution >= 0.6 is 23.2 Å². The second-order valence-electron chi connectivity index (χ2n) is 2.27. The predicted molar refractivity (Wildman–Crippen MR) is 55.4 cm³/mol. The van der Waals surface area contributed by atoms with Gasteiger partial charge in [-0.05, 0) is 0 Å². The Hall–Kier alpha value is -0.332. The summed E-state index contributed by atoms with van der Waals surface area (Å²) in [5.41, 5.74) is 0.104. The number of aliphatic hydroxyl groups is 1. The Morgan fingerprint density at radius 1 is 1.36 bits per heavy atom. The normalized spacial score (nSPS) is 10.7. The van der Waals surface area contributed by atoms with Gasteiger partial charge in [0.25, 0.3) is 0 Å². The number of hydrogen-bond acceptors (Lipinski definition) is 4. The van der Waals surface area contributed by atoms with E-state index >= 15 is 0 Å². The summed E-state index contributed by atoms with van der Waals surface area (Å²) in [6.45, 7) is 0.110. The standard InChI is InChI=1S/C7H6AsCl2N3O/c9-5-4(3-11)6(10)13-7(12-5)8-1-2-14/h8,14H,1-2H2. The van der Waals surface area contributed by atoms with E-state index in [1.165, 1.54) is 0 Å². The van der Waals surface area contributed by atoms with E-state index in [0.717, 1.165) is 0 Å². The topological polar surface area (TPSA) is 69.8 Å². The summed E-state index contributed by atoms with van der Waals surface area (Å²) in [7, 11) is 0. The van der Waals surface area contributed by atoms with Gasteiger partial charge in [-0.1, -0.05) is 0 Å². The number of nitriles is 1. The van der Waals surface area contributed by atoms with Crippen molar-refractivity contribution in [1.82, 2.24) is 9.97 Å². The zero-order valence-corrected chi connectivity index (χ0v) is 10.6. The molecule has 4 nitrogen and oxygen atoms in total. The van der Waals surface area contributed by atoms with Crippen molar-refractivity contribution in [3.8, 4) is 6.07 Å². The summed E-state index contributed by atoms with van der Waals surface area (Å²) in [6, 6.07) is 1.82. The van der Waals surface area contributed by atoms with Crippen LogP contribution in [0.3, 0.4) is 0 Å². The number of hydrogen-bond donors (Lipinski definition) is 1. The van der Waals surface area contributed by atoms with E-state index in [-0.39, 0.29) is 22.5 Å². The van der Waals surface area contributed by atoms with Gasteiger partial charge >= 0.3 is 97.7 Å². The Balaban J connectivity index is 2.97. The number of rotatable bonds is 3. The monoisotopic (exact) mass is 293 g/mol. The molecule has 1 aromatic heterocycles. The molecule has 0 aliphatic rings. The van der Waals surface area contributed by atoms with Gasteiger partial charge in [0.15, 0.2) is 0 Å². The van der Waals surface area contributed by atoms with Gasteiger partial charge in [-0.25, -0.2) is 0 Å². The van der Waals surface area contributed by atoms with Crippen molar-refractivity contribution in [1.29, 1.82) is 5.26 Å². The molecule has 1 aromatic rings. The molecule has 1 heterocycles. The molecule has 14 heavy (non-hydrogen) atoms. The SMILES string of the molecule is N#Cc1c(Cl)nc([AsH]CCO)nc1Cl. The van der Waals surface area contributed by atoms with Crippen molar-refractivity contribution < 1.29 is 5.11 Å². The van der Waals surface area contributed by atoms with Gasteiger partial charge < -0.3 is 0 Å². The molecular formula is C7H6AsCl2N3O. The Morgan fingerprint density at radius 3 is 2.36 bits per heavy atom. The molecule has 1 unspecified atom stereocenters. The zero-order chi connectivity index (χ0) is 10.6. The molecule has 0 saturated heterocycles. The van der Waals surface area contributed by atoms with Gasteiger partial charge in [0.05, 0.1) is 0 Å². The van der Waals surface area contributed by atoms with Crippen LogP contribution in [0.25, 0.3) is 0 Å². The van der Waals surface area contributed by atoms with Gasteiger partial charge in [0.2, 0.25) is 0 Å². The van der Waals surface area contributed by atoms with E-state index in [4.69, 9.17) is 33.6 Å². The molecule has 7 heteroatoms. The predicted octanol–water partition coefficient (Wildman–Crippen LogP) is 0.127. The van der Waals surface area contributed by atoms with Gasteiger partial charge in [-0.15, -0.1) is 0 Å². The van der Waals surface area contributed by atoms with E-state index < -0.39 is 15.8 Å². The maximum atomic E-state index is 8.64. The first-order valence-corrected chi connectivity index (χ1v) is 6.95. The molecule has 0 aliphatic carbocycles. The quantitative estimate of drug-likeness (QED) is 0.635. The minimum absolute atomic E-state index is 0.0872. The van der Waals surface area contributed by atoms with Crippen LogP contribution in [-0.4, -0.2) is 37.4 Å². The Morgan fingerprint density at radius 2 is 1.93 bits per heavy atom. The maximum absolute atomic E-state index is 8.64. The molecule has 1 N–H and O–H groups in total. The Bertz CT molecular complexity index is 357. The molecule has 0 fully saturated rings. The van der Waals surface area contributed by atoms with Crippen LogP contribution in [0.4, 0.5) is 0 Å². The zero-order valence-electron chi connectivity index (χ0n) is 6.96. The fraction of sp³-hybridized carbons (Fsp3) is 0.286. The first kappa shape index (κ1) is 11.7. The van der Waals surface area contributed by atoms with E-state index in [0.29, 0.717) is 9.82 Å². The fourth-order valence-electron chi connectivity index (χ4n) is 0.747. The van der Waals surface area contributed by atoms with Crippen molar-refractivity contribution in [2.75, 3.05) is 6.61 Å². The van der Waals surface area contributed by atoms with Crippen molar-refractivity contribution >= 4 is 43.6 Å². The van der Waals surface area contributed by atoms with Gasteiger partial charge in [0.1, 0.15) is 0 Å². The third-order valence-electron chi connectivity index (χ3n) is 1.33. The van der Waals surface area contributed by atoms with Crippen LogP contribution < -0.4 is 4.61 Å². The summed E-state index contributed by atoms with van der Waals surface area (Å²) >= 11 is 10.8. The number of nitrogens with zero attached hydrogens (tertiary/aromatic N) is 3. The summed E-state index contributed by atoms with van der Waals surface area (Å²) in [6.07, 6.45) is 0. The fourth-order valence-corrected chi connectivity index (χ4v) is 3.02. The van der Waals surface area contributed by atoms with Crippen molar-refractivity contribution in [2.45, 2.75) is 5.21 Å². The molecule has 0 amide bonds. The van der Waals surface area contributed by atoms with Crippen molar-refractivity contribution in [3.63, 3.8) is 0 Å². The van der Waals surface area contributed by atoms with Crippen LogP contribution in [-0.2, 0) is 0 Å². The molecule has 0 saturated carbocycles. The number of aromatic nitrogens is 2. The van der Waals surface area contributed by atoms with Gasteiger partial charge in [0, 0.05) is 0 Å².